The lowest BCUT2D eigenvalue weighted by Crippen LogP contribution is -2.33. The summed E-state index contributed by atoms with van der Waals surface area (Å²) in [4.78, 5) is 12.1. The van der Waals surface area contributed by atoms with Gasteiger partial charge < -0.3 is 10.4 Å². The first-order valence-electron chi connectivity index (χ1n) is 6.84. The number of phenols is 1. The van der Waals surface area contributed by atoms with Crippen molar-refractivity contribution in [3.63, 3.8) is 0 Å². The number of phenolic OH excluding ortho intramolecular Hbond substituents is 1. The molecule has 2 atom stereocenters. The van der Waals surface area contributed by atoms with Crippen LogP contribution in [0.4, 0.5) is 0 Å². The van der Waals surface area contributed by atoms with Gasteiger partial charge in [-0.3, -0.25) is 4.79 Å². The van der Waals surface area contributed by atoms with Crippen LogP contribution in [0, 0.1) is 15.4 Å². The minimum Gasteiger partial charge on any atom is -0.507 e. The van der Waals surface area contributed by atoms with E-state index in [9.17, 15) is 9.90 Å². The summed E-state index contributed by atoms with van der Waals surface area (Å²) in [6, 6.07) is 5.07. The van der Waals surface area contributed by atoms with E-state index in [2.05, 4.69) is 34.8 Å². The van der Waals surface area contributed by atoms with E-state index in [1.54, 1.807) is 18.2 Å². The Morgan fingerprint density at radius 3 is 2.89 bits per heavy atom. The summed E-state index contributed by atoms with van der Waals surface area (Å²) in [5.41, 5.74) is 0.371. The number of halogens is 1. The van der Waals surface area contributed by atoms with Crippen LogP contribution < -0.4 is 5.32 Å². The van der Waals surface area contributed by atoms with Gasteiger partial charge in [0.15, 0.2) is 0 Å². The minimum absolute atomic E-state index is 0.0506. The van der Waals surface area contributed by atoms with E-state index in [4.69, 9.17) is 0 Å². The molecule has 1 aliphatic rings. The minimum atomic E-state index is -0.172. The Labute approximate surface area is 127 Å². The van der Waals surface area contributed by atoms with Crippen LogP contribution in [0.25, 0.3) is 0 Å². The summed E-state index contributed by atoms with van der Waals surface area (Å²) < 4.78 is 0.951. The molecule has 2 unspecified atom stereocenters. The predicted octanol–water partition coefficient (Wildman–Crippen LogP) is 3.55. The average molecular weight is 373 g/mol. The molecule has 0 saturated heterocycles. The summed E-state index contributed by atoms with van der Waals surface area (Å²) in [5.74, 6) is 1.13. The van der Waals surface area contributed by atoms with Gasteiger partial charge >= 0.3 is 0 Å². The van der Waals surface area contributed by atoms with E-state index in [1.165, 1.54) is 25.7 Å². The second-order valence-electron chi connectivity index (χ2n) is 5.39. The standard InChI is InChI=1S/C15H20INO2/c1-10-4-2-3-5-11(10)9-17-15(19)13-8-12(16)6-7-14(13)18/h6-8,10-11,18H,2-5,9H2,1H3,(H,17,19). The van der Waals surface area contributed by atoms with E-state index in [0.29, 0.717) is 23.9 Å². The average Bonchev–Trinajstić information content (AvgIpc) is 2.40. The number of carbonyl (C=O) groups excluding carboxylic acids is 1. The van der Waals surface area contributed by atoms with Crippen LogP contribution in [0.5, 0.6) is 5.75 Å². The Hall–Kier alpha value is -0.780. The Morgan fingerprint density at radius 2 is 2.16 bits per heavy atom. The Balaban J connectivity index is 1.95. The summed E-state index contributed by atoms with van der Waals surface area (Å²) >= 11 is 2.14. The first-order chi connectivity index (χ1) is 9.08. The molecule has 1 fully saturated rings. The SMILES string of the molecule is CC1CCCCC1CNC(=O)c1cc(I)ccc1O. The van der Waals surface area contributed by atoms with E-state index < -0.39 is 0 Å². The Morgan fingerprint density at radius 1 is 1.42 bits per heavy atom. The molecule has 1 aliphatic carbocycles. The lowest BCUT2D eigenvalue weighted by atomic mass is 9.80. The van der Waals surface area contributed by atoms with Gasteiger partial charge in [-0.1, -0.05) is 26.2 Å². The largest absolute Gasteiger partial charge is 0.507 e. The highest BCUT2D eigenvalue weighted by atomic mass is 127. The van der Waals surface area contributed by atoms with Crippen molar-refractivity contribution in [2.75, 3.05) is 6.54 Å². The number of nitrogens with one attached hydrogen (secondary N) is 1. The van der Waals surface area contributed by atoms with Crippen LogP contribution in [0.1, 0.15) is 43.0 Å². The second-order valence-corrected chi connectivity index (χ2v) is 6.64. The molecule has 4 heteroatoms. The maximum absolute atomic E-state index is 12.1. The highest BCUT2D eigenvalue weighted by Gasteiger charge is 2.22. The maximum Gasteiger partial charge on any atom is 0.255 e. The summed E-state index contributed by atoms with van der Waals surface area (Å²) in [7, 11) is 0. The molecule has 19 heavy (non-hydrogen) atoms. The highest BCUT2D eigenvalue weighted by molar-refractivity contribution is 14.1. The molecule has 0 aliphatic heterocycles. The van der Waals surface area contributed by atoms with Gasteiger partial charge in [0.2, 0.25) is 0 Å². The summed E-state index contributed by atoms with van der Waals surface area (Å²) in [6.45, 7) is 2.98. The van der Waals surface area contributed by atoms with Crippen molar-refractivity contribution >= 4 is 28.5 Å². The number of aromatic hydroxyl groups is 1. The molecular weight excluding hydrogens is 353 g/mol. The van der Waals surface area contributed by atoms with E-state index >= 15 is 0 Å². The van der Waals surface area contributed by atoms with Crippen molar-refractivity contribution in [1.29, 1.82) is 0 Å². The molecule has 0 heterocycles. The van der Waals surface area contributed by atoms with Crippen LogP contribution >= 0.6 is 22.6 Å². The third kappa shape index (κ3) is 3.84. The predicted molar refractivity (Wildman–Crippen MR) is 84.3 cm³/mol. The number of carbonyl (C=O) groups is 1. The molecule has 0 bridgehead atoms. The number of hydrogen-bond acceptors (Lipinski definition) is 2. The molecule has 3 nitrogen and oxygen atoms in total. The molecule has 1 aromatic rings. The van der Waals surface area contributed by atoms with E-state index in [-0.39, 0.29) is 11.7 Å². The van der Waals surface area contributed by atoms with Gasteiger partial charge in [0.05, 0.1) is 5.56 Å². The molecule has 0 spiro atoms. The van der Waals surface area contributed by atoms with Gasteiger partial charge in [-0.25, -0.2) is 0 Å². The van der Waals surface area contributed by atoms with Crippen LogP contribution in [0.15, 0.2) is 18.2 Å². The van der Waals surface area contributed by atoms with Gasteiger partial charge in [-0.05, 0) is 59.0 Å². The zero-order valence-electron chi connectivity index (χ0n) is 11.2. The first-order valence-corrected chi connectivity index (χ1v) is 7.92. The number of benzene rings is 1. The van der Waals surface area contributed by atoms with Crippen LogP contribution in [-0.4, -0.2) is 17.6 Å². The summed E-state index contributed by atoms with van der Waals surface area (Å²) in [6.07, 6.45) is 5.03. The van der Waals surface area contributed by atoms with Crippen LogP contribution in [0.2, 0.25) is 0 Å². The highest BCUT2D eigenvalue weighted by Crippen LogP contribution is 2.29. The second kappa shape index (κ2) is 6.59. The van der Waals surface area contributed by atoms with Crippen molar-refractivity contribution in [2.45, 2.75) is 32.6 Å². The van der Waals surface area contributed by atoms with E-state index in [0.717, 1.165) is 3.57 Å². The lowest BCUT2D eigenvalue weighted by Gasteiger charge is -2.28. The molecule has 2 rings (SSSR count). The molecular formula is C15H20INO2. The fourth-order valence-electron chi connectivity index (χ4n) is 2.71. The lowest BCUT2D eigenvalue weighted by molar-refractivity contribution is 0.0933. The molecule has 1 aromatic carbocycles. The molecule has 104 valence electrons. The number of amides is 1. The maximum atomic E-state index is 12.1. The van der Waals surface area contributed by atoms with Gasteiger partial charge in [0.1, 0.15) is 5.75 Å². The zero-order valence-corrected chi connectivity index (χ0v) is 13.3. The van der Waals surface area contributed by atoms with Gasteiger partial charge in [0.25, 0.3) is 5.91 Å². The van der Waals surface area contributed by atoms with Crippen LogP contribution in [-0.2, 0) is 0 Å². The summed E-state index contributed by atoms with van der Waals surface area (Å²) in [5, 5.41) is 12.7. The van der Waals surface area contributed by atoms with Gasteiger partial charge in [-0.2, -0.15) is 0 Å². The van der Waals surface area contributed by atoms with Crippen molar-refractivity contribution in [2.24, 2.45) is 11.8 Å². The molecule has 0 aromatic heterocycles. The number of rotatable bonds is 3. The fraction of sp³-hybridized carbons (Fsp3) is 0.533. The molecule has 1 saturated carbocycles. The van der Waals surface area contributed by atoms with E-state index in [1.807, 2.05) is 0 Å². The fourth-order valence-corrected chi connectivity index (χ4v) is 3.20. The van der Waals surface area contributed by atoms with Crippen molar-refractivity contribution < 1.29 is 9.90 Å². The topological polar surface area (TPSA) is 49.3 Å². The smallest absolute Gasteiger partial charge is 0.255 e. The Kier molecular flexibility index (Phi) is 5.07. The molecule has 1 amide bonds. The first kappa shape index (κ1) is 14.6. The van der Waals surface area contributed by atoms with Crippen molar-refractivity contribution in [1.82, 2.24) is 5.32 Å². The molecule has 2 N–H and O–H groups in total. The van der Waals surface area contributed by atoms with Crippen molar-refractivity contribution in [3.8, 4) is 5.75 Å². The monoisotopic (exact) mass is 373 g/mol. The van der Waals surface area contributed by atoms with Crippen LogP contribution in [0.3, 0.4) is 0 Å². The Bertz CT molecular complexity index is 461. The van der Waals surface area contributed by atoms with Gasteiger partial charge in [-0.15, -0.1) is 0 Å². The number of hydrogen-bond donors (Lipinski definition) is 2. The molecule has 0 radical (unpaired) electrons. The third-order valence-corrected chi connectivity index (χ3v) is 4.69. The third-order valence-electron chi connectivity index (χ3n) is 4.02. The normalized spacial score (nSPS) is 23.1. The van der Waals surface area contributed by atoms with Gasteiger partial charge in [0, 0.05) is 10.1 Å². The van der Waals surface area contributed by atoms with Crippen molar-refractivity contribution in [3.05, 3.63) is 27.3 Å². The zero-order chi connectivity index (χ0) is 13.8. The quantitative estimate of drug-likeness (QED) is 0.797.